The first kappa shape index (κ1) is 17.7. The summed E-state index contributed by atoms with van der Waals surface area (Å²) in [5.41, 5.74) is 0.750. The van der Waals surface area contributed by atoms with E-state index >= 15 is 0 Å². The number of aryl methyl sites for hydroxylation is 1. The highest BCUT2D eigenvalue weighted by Crippen LogP contribution is 2.37. The molecule has 1 aliphatic carbocycles. The molecule has 1 aromatic rings. The van der Waals surface area contributed by atoms with Gasteiger partial charge in [0.15, 0.2) is 0 Å². The van der Waals surface area contributed by atoms with Crippen molar-refractivity contribution >= 4 is 11.7 Å². The fourth-order valence-electron chi connectivity index (χ4n) is 4.98. The highest BCUT2D eigenvalue weighted by Gasteiger charge is 2.39. The number of aromatic nitrogens is 2. The first-order valence-corrected chi connectivity index (χ1v) is 9.92. The van der Waals surface area contributed by atoms with Crippen LogP contribution in [-0.2, 0) is 4.79 Å². The van der Waals surface area contributed by atoms with Crippen LogP contribution in [0.3, 0.4) is 0 Å². The molecule has 2 fully saturated rings. The fraction of sp³-hybridized carbons (Fsp3) is 0.789. The zero-order chi connectivity index (χ0) is 18.3. The zero-order valence-electron chi connectivity index (χ0n) is 15.3. The number of nitrogens with zero attached hydrogens (tertiary/aromatic N) is 3. The van der Waals surface area contributed by atoms with Crippen LogP contribution in [0.1, 0.15) is 56.7 Å². The van der Waals surface area contributed by atoms with Gasteiger partial charge in [-0.1, -0.05) is 12.8 Å². The summed E-state index contributed by atoms with van der Waals surface area (Å²) >= 11 is 0. The third-order valence-electron chi connectivity index (χ3n) is 6.33. The summed E-state index contributed by atoms with van der Waals surface area (Å²) < 4.78 is 28.7. The average Bonchev–Trinajstić information content (AvgIpc) is 3.28. The number of hydrogen-bond donors (Lipinski definition) is 1. The molecule has 144 valence electrons. The monoisotopic (exact) mass is 366 g/mol. The summed E-state index contributed by atoms with van der Waals surface area (Å²) in [7, 11) is 0. The van der Waals surface area contributed by atoms with Gasteiger partial charge in [-0.15, -0.1) is 0 Å². The second-order valence-electron chi connectivity index (χ2n) is 8.17. The van der Waals surface area contributed by atoms with Gasteiger partial charge in [0.25, 0.3) is 6.43 Å². The third-order valence-corrected chi connectivity index (χ3v) is 6.33. The molecular formula is C19H28F2N4O. The number of nitrogens with one attached hydrogen (secondary N) is 1. The maximum atomic E-state index is 13.6. The van der Waals surface area contributed by atoms with Crippen molar-refractivity contribution in [3.63, 3.8) is 0 Å². The highest BCUT2D eigenvalue weighted by atomic mass is 19.3. The molecule has 0 aromatic carbocycles. The van der Waals surface area contributed by atoms with Gasteiger partial charge in [-0.05, 0) is 44.9 Å². The maximum absolute atomic E-state index is 13.6. The van der Waals surface area contributed by atoms with Gasteiger partial charge in [0.1, 0.15) is 11.9 Å². The van der Waals surface area contributed by atoms with E-state index in [1.165, 1.54) is 4.68 Å². The van der Waals surface area contributed by atoms with Gasteiger partial charge >= 0.3 is 0 Å². The van der Waals surface area contributed by atoms with Crippen molar-refractivity contribution in [2.45, 2.75) is 70.4 Å². The molecule has 3 atom stereocenters. The van der Waals surface area contributed by atoms with Crippen LogP contribution in [0.25, 0.3) is 0 Å². The standard InChI is InChI=1S/C19H28F2N4O/c1-12-9-17-22-15(10-16(18(20)21)25(17)23-12)14-7-4-8-24(11-14)19(26)13-5-2-3-6-13/h9,13-16,18,22H,2-8,10-11H2,1H3/t14?,15-,16+/m0/s1. The molecule has 3 aliphatic rings. The minimum Gasteiger partial charge on any atom is -0.367 e. The second-order valence-corrected chi connectivity index (χ2v) is 8.17. The van der Waals surface area contributed by atoms with Crippen LogP contribution in [0.2, 0.25) is 0 Å². The van der Waals surface area contributed by atoms with E-state index < -0.39 is 12.5 Å². The van der Waals surface area contributed by atoms with E-state index in [0.29, 0.717) is 18.8 Å². The Morgan fingerprint density at radius 3 is 2.77 bits per heavy atom. The van der Waals surface area contributed by atoms with Crippen LogP contribution in [0, 0.1) is 18.8 Å². The first-order valence-electron chi connectivity index (χ1n) is 9.92. The lowest BCUT2D eigenvalue weighted by Gasteiger charge is -2.41. The van der Waals surface area contributed by atoms with E-state index in [-0.39, 0.29) is 23.8 Å². The molecule has 1 amide bonds. The van der Waals surface area contributed by atoms with E-state index in [0.717, 1.165) is 50.8 Å². The number of piperidine rings is 1. The maximum Gasteiger partial charge on any atom is 0.260 e. The van der Waals surface area contributed by atoms with Crippen molar-refractivity contribution in [1.82, 2.24) is 14.7 Å². The molecule has 7 heteroatoms. The van der Waals surface area contributed by atoms with Crippen LogP contribution < -0.4 is 5.32 Å². The Kier molecular flexibility index (Phi) is 4.88. The molecule has 1 unspecified atom stereocenters. The summed E-state index contributed by atoms with van der Waals surface area (Å²) in [6.07, 6.45) is 4.18. The number of rotatable bonds is 3. The molecule has 0 spiro atoms. The van der Waals surface area contributed by atoms with E-state index in [2.05, 4.69) is 10.4 Å². The number of fused-ring (bicyclic) bond motifs is 1. The predicted molar refractivity (Wildman–Crippen MR) is 95.3 cm³/mol. The third kappa shape index (κ3) is 3.32. The molecule has 5 nitrogen and oxygen atoms in total. The van der Waals surface area contributed by atoms with Crippen molar-refractivity contribution < 1.29 is 13.6 Å². The quantitative estimate of drug-likeness (QED) is 0.889. The van der Waals surface area contributed by atoms with Gasteiger partial charge in [0.05, 0.1) is 5.69 Å². The molecule has 1 N–H and O–H groups in total. The number of carbonyl (C=O) groups is 1. The Morgan fingerprint density at radius 1 is 1.27 bits per heavy atom. The van der Waals surface area contributed by atoms with Crippen LogP contribution in [0.15, 0.2) is 6.07 Å². The lowest BCUT2D eigenvalue weighted by Crippen LogP contribution is -2.49. The van der Waals surface area contributed by atoms with E-state index in [1.807, 2.05) is 17.9 Å². The number of carbonyl (C=O) groups excluding carboxylic acids is 1. The van der Waals surface area contributed by atoms with Crippen molar-refractivity contribution in [2.24, 2.45) is 11.8 Å². The zero-order valence-corrected chi connectivity index (χ0v) is 15.3. The number of likely N-dealkylation sites (tertiary alicyclic amines) is 1. The second kappa shape index (κ2) is 7.16. The number of anilines is 1. The molecule has 26 heavy (non-hydrogen) atoms. The van der Waals surface area contributed by atoms with Crippen molar-refractivity contribution in [2.75, 3.05) is 18.4 Å². The summed E-state index contributed by atoms with van der Waals surface area (Å²) in [5.74, 6) is 1.38. The van der Waals surface area contributed by atoms with Crippen molar-refractivity contribution in [1.29, 1.82) is 0 Å². The topological polar surface area (TPSA) is 50.2 Å². The molecular weight excluding hydrogens is 338 g/mol. The predicted octanol–water partition coefficient (Wildman–Crippen LogP) is 3.61. The normalized spacial score (nSPS) is 29.7. The Morgan fingerprint density at radius 2 is 2.04 bits per heavy atom. The fourth-order valence-corrected chi connectivity index (χ4v) is 4.98. The SMILES string of the molecule is Cc1cc2n(n1)[C@@H](C(F)F)C[C@@H](C1CCCN(C(=O)C3CCCC3)C1)N2. The Balaban J connectivity index is 1.47. The number of halogens is 2. The van der Waals surface area contributed by atoms with Crippen LogP contribution in [0.4, 0.5) is 14.6 Å². The molecule has 1 aromatic heterocycles. The lowest BCUT2D eigenvalue weighted by molar-refractivity contribution is -0.137. The molecule has 3 heterocycles. The van der Waals surface area contributed by atoms with Crippen LogP contribution in [0.5, 0.6) is 0 Å². The Labute approximate surface area is 153 Å². The average molecular weight is 366 g/mol. The smallest absolute Gasteiger partial charge is 0.260 e. The summed E-state index contributed by atoms with van der Waals surface area (Å²) in [5, 5.41) is 7.67. The van der Waals surface area contributed by atoms with Crippen molar-refractivity contribution in [3.05, 3.63) is 11.8 Å². The van der Waals surface area contributed by atoms with E-state index in [9.17, 15) is 13.6 Å². The van der Waals surface area contributed by atoms with Crippen molar-refractivity contribution in [3.8, 4) is 0 Å². The van der Waals surface area contributed by atoms with E-state index in [4.69, 9.17) is 0 Å². The molecule has 2 aliphatic heterocycles. The van der Waals surface area contributed by atoms with Crippen LogP contribution >= 0.6 is 0 Å². The Hall–Kier alpha value is -1.66. The molecule has 0 bridgehead atoms. The van der Waals surface area contributed by atoms with Gasteiger partial charge in [-0.3, -0.25) is 4.79 Å². The van der Waals surface area contributed by atoms with Gasteiger partial charge < -0.3 is 10.2 Å². The molecule has 1 saturated carbocycles. The summed E-state index contributed by atoms with van der Waals surface area (Å²) in [6, 6.07) is 0.925. The van der Waals surface area contributed by atoms with Gasteiger partial charge in [0, 0.05) is 31.1 Å². The summed E-state index contributed by atoms with van der Waals surface area (Å²) in [6.45, 7) is 3.33. The van der Waals surface area contributed by atoms with Gasteiger partial charge in [-0.2, -0.15) is 5.10 Å². The molecule has 1 saturated heterocycles. The van der Waals surface area contributed by atoms with Crippen LogP contribution in [-0.4, -0.2) is 46.1 Å². The minimum atomic E-state index is -2.43. The molecule has 0 radical (unpaired) electrons. The van der Waals surface area contributed by atoms with Gasteiger partial charge in [-0.25, -0.2) is 13.5 Å². The molecule has 4 rings (SSSR count). The summed E-state index contributed by atoms with van der Waals surface area (Å²) in [4.78, 5) is 14.8. The number of amides is 1. The number of hydrogen-bond acceptors (Lipinski definition) is 3. The number of alkyl halides is 2. The van der Waals surface area contributed by atoms with Gasteiger partial charge in [0.2, 0.25) is 5.91 Å². The first-order chi connectivity index (χ1) is 12.5. The highest BCUT2D eigenvalue weighted by molar-refractivity contribution is 5.79. The minimum absolute atomic E-state index is 0.0308. The largest absolute Gasteiger partial charge is 0.367 e. The van der Waals surface area contributed by atoms with E-state index in [1.54, 1.807) is 0 Å². The lowest BCUT2D eigenvalue weighted by atomic mass is 9.85. The Bertz CT molecular complexity index is 656.